The van der Waals surface area contributed by atoms with Gasteiger partial charge >= 0.3 is 0 Å². The SMILES string of the molecule is CC1(C)c2ccccc2C2(c3ccc(-c4cccc5c4sc4ccccc45)cc3-c3c(-c4nc(-c5ccccc5)nc(C5C=CC=CC5)n4)cccc32)c2ccccc21. The highest BCUT2D eigenvalue weighted by Crippen LogP contribution is 2.63. The highest BCUT2D eigenvalue weighted by Gasteiger charge is 2.54. The molecule has 12 rings (SSSR count). The van der Waals surface area contributed by atoms with E-state index >= 15 is 0 Å². The zero-order valence-electron chi connectivity index (χ0n) is 32.9. The topological polar surface area (TPSA) is 38.7 Å². The van der Waals surface area contributed by atoms with Gasteiger partial charge in [-0.25, -0.2) is 15.0 Å². The van der Waals surface area contributed by atoms with E-state index < -0.39 is 5.41 Å². The lowest BCUT2D eigenvalue weighted by Gasteiger charge is -2.46. The number of rotatable bonds is 4. The Labute approximate surface area is 348 Å². The van der Waals surface area contributed by atoms with Crippen molar-refractivity contribution in [2.24, 2.45) is 0 Å². The normalized spacial score (nSPS) is 16.5. The molecule has 1 spiro atoms. The van der Waals surface area contributed by atoms with E-state index in [2.05, 4.69) is 190 Å². The average Bonchev–Trinajstić information content (AvgIpc) is 3.83. The van der Waals surface area contributed by atoms with E-state index in [0.717, 1.165) is 23.4 Å². The zero-order chi connectivity index (χ0) is 39.3. The second kappa shape index (κ2) is 12.9. The Kier molecular flexibility index (Phi) is 7.49. The molecule has 9 aromatic rings. The Morgan fingerprint density at radius 3 is 1.95 bits per heavy atom. The maximum Gasteiger partial charge on any atom is 0.164 e. The standard InChI is InChI=1S/C55H39N3S/c1-54(2)43-25-10-12-27-45(43)55(46-28-13-11-26-44(46)54)42-32-31-36(37-22-15-23-39-38-21-9-14-30-48(38)59-50(37)39)33-41(42)49-40(24-16-29-47(49)55)53-57-51(34-17-5-3-6-18-34)56-52(58-53)35-19-7-4-8-20-35/h3-19,21-33,35H,20H2,1-2H3. The van der Waals surface area contributed by atoms with Crippen LogP contribution in [-0.4, -0.2) is 15.0 Å². The molecular formula is C55H39N3S. The van der Waals surface area contributed by atoms with Gasteiger partial charge in [0.05, 0.1) is 5.41 Å². The molecule has 0 amide bonds. The number of aromatic nitrogens is 3. The van der Waals surface area contributed by atoms with Crippen molar-refractivity contribution in [3.63, 3.8) is 0 Å². The van der Waals surface area contributed by atoms with Gasteiger partial charge in [0.2, 0.25) is 0 Å². The fourth-order valence-electron chi connectivity index (χ4n) is 10.5. The minimum Gasteiger partial charge on any atom is -0.212 e. The largest absolute Gasteiger partial charge is 0.212 e. The minimum atomic E-state index is -0.555. The summed E-state index contributed by atoms with van der Waals surface area (Å²) in [5.74, 6) is 2.25. The number of nitrogens with zero attached hydrogens (tertiary/aromatic N) is 3. The van der Waals surface area contributed by atoms with Crippen LogP contribution in [0.4, 0.5) is 0 Å². The molecule has 0 saturated heterocycles. The number of fused-ring (bicyclic) bond motifs is 12. The Morgan fingerprint density at radius 2 is 1.17 bits per heavy atom. The molecule has 2 heterocycles. The van der Waals surface area contributed by atoms with E-state index in [1.165, 1.54) is 75.8 Å². The first-order valence-electron chi connectivity index (χ1n) is 20.6. The predicted molar refractivity (Wildman–Crippen MR) is 244 cm³/mol. The third-order valence-corrected chi connectivity index (χ3v) is 14.3. The molecule has 1 unspecified atom stereocenters. The average molecular weight is 774 g/mol. The minimum absolute atomic E-state index is 0.0623. The van der Waals surface area contributed by atoms with Gasteiger partial charge in [0.1, 0.15) is 5.82 Å². The van der Waals surface area contributed by atoms with Gasteiger partial charge in [-0.05, 0) is 74.2 Å². The van der Waals surface area contributed by atoms with Crippen molar-refractivity contribution in [1.82, 2.24) is 15.0 Å². The molecule has 0 saturated carbocycles. The van der Waals surface area contributed by atoms with Crippen LogP contribution in [0.5, 0.6) is 0 Å². The fraction of sp³-hybridized carbons (Fsp3) is 0.109. The van der Waals surface area contributed by atoms with Crippen molar-refractivity contribution in [3.8, 4) is 45.0 Å². The second-order valence-electron chi connectivity index (χ2n) is 16.6. The van der Waals surface area contributed by atoms with Crippen molar-refractivity contribution in [2.75, 3.05) is 0 Å². The van der Waals surface area contributed by atoms with Crippen LogP contribution in [0.1, 0.15) is 65.4 Å². The third kappa shape index (κ3) is 4.90. The number of thiophene rings is 1. The summed E-state index contributed by atoms with van der Waals surface area (Å²) in [6, 6.07) is 58.3. The van der Waals surface area contributed by atoms with Gasteiger partial charge in [-0.15, -0.1) is 11.3 Å². The van der Waals surface area contributed by atoms with Crippen molar-refractivity contribution in [3.05, 3.63) is 221 Å². The van der Waals surface area contributed by atoms with Gasteiger partial charge < -0.3 is 0 Å². The molecule has 4 heteroatoms. The molecule has 7 aromatic carbocycles. The van der Waals surface area contributed by atoms with E-state index in [4.69, 9.17) is 15.0 Å². The van der Waals surface area contributed by atoms with Crippen molar-refractivity contribution < 1.29 is 0 Å². The summed E-state index contributed by atoms with van der Waals surface area (Å²) in [5.41, 5.74) is 14.1. The van der Waals surface area contributed by atoms with E-state index in [0.29, 0.717) is 11.6 Å². The summed E-state index contributed by atoms with van der Waals surface area (Å²) >= 11 is 1.88. The van der Waals surface area contributed by atoms with E-state index in [-0.39, 0.29) is 11.3 Å². The Hall–Kier alpha value is -6.75. The van der Waals surface area contributed by atoms with Crippen LogP contribution in [0.3, 0.4) is 0 Å². The van der Waals surface area contributed by atoms with E-state index in [1.807, 2.05) is 17.4 Å². The molecule has 3 aliphatic rings. The van der Waals surface area contributed by atoms with E-state index in [9.17, 15) is 0 Å². The molecule has 0 aliphatic heterocycles. The lowest BCUT2D eigenvalue weighted by molar-refractivity contribution is 0.563. The van der Waals surface area contributed by atoms with Gasteiger partial charge in [-0.2, -0.15) is 0 Å². The van der Waals surface area contributed by atoms with Gasteiger partial charge in [-0.1, -0.05) is 184 Å². The first kappa shape index (κ1) is 34.3. The molecule has 59 heavy (non-hydrogen) atoms. The van der Waals surface area contributed by atoms with Crippen LogP contribution in [0, 0.1) is 0 Å². The van der Waals surface area contributed by atoms with E-state index in [1.54, 1.807) is 0 Å². The first-order valence-corrected chi connectivity index (χ1v) is 21.4. The van der Waals surface area contributed by atoms with Crippen LogP contribution in [0.25, 0.3) is 65.2 Å². The Morgan fingerprint density at radius 1 is 0.508 bits per heavy atom. The molecule has 280 valence electrons. The zero-order valence-corrected chi connectivity index (χ0v) is 33.7. The summed E-state index contributed by atoms with van der Waals surface area (Å²) < 4.78 is 2.62. The first-order chi connectivity index (χ1) is 29.0. The van der Waals surface area contributed by atoms with Gasteiger partial charge in [0.25, 0.3) is 0 Å². The number of benzene rings is 7. The molecule has 0 radical (unpaired) electrons. The molecule has 0 N–H and O–H groups in total. The molecule has 0 fully saturated rings. The van der Waals surface area contributed by atoms with Crippen LogP contribution < -0.4 is 0 Å². The lowest BCUT2D eigenvalue weighted by Crippen LogP contribution is -2.40. The lowest BCUT2D eigenvalue weighted by atomic mass is 9.55. The summed E-state index contributed by atoms with van der Waals surface area (Å²) in [6.45, 7) is 4.76. The highest BCUT2D eigenvalue weighted by molar-refractivity contribution is 7.26. The molecule has 3 nitrogen and oxygen atoms in total. The maximum absolute atomic E-state index is 5.39. The van der Waals surface area contributed by atoms with Crippen molar-refractivity contribution in [1.29, 1.82) is 0 Å². The van der Waals surface area contributed by atoms with Crippen LogP contribution in [-0.2, 0) is 10.8 Å². The van der Waals surface area contributed by atoms with Gasteiger partial charge in [0, 0.05) is 42.6 Å². The molecular weight excluding hydrogens is 735 g/mol. The Bertz CT molecular complexity index is 3190. The number of hydrogen-bond donors (Lipinski definition) is 0. The molecule has 1 atom stereocenters. The Balaban J connectivity index is 1.18. The summed E-state index contributed by atoms with van der Waals surface area (Å²) in [7, 11) is 0. The monoisotopic (exact) mass is 773 g/mol. The molecule has 3 aliphatic carbocycles. The van der Waals surface area contributed by atoms with Gasteiger partial charge in [0.15, 0.2) is 11.6 Å². The summed E-state index contributed by atoms with van der Waals surface area (Å²) in [6.07, 6.45) is 9.48. The van der Waals surface area contributed by atoms with Gasteiger partial charge in [-0.3, -0.25) is 0 Å². The predicted octanol–water partition coefficient (Wildman–Crippen LogP) is 13.8. The fourth-order valence-corrected chi connectivity index (χ4v) is 11.7. The molecule has 2 aromatic heterocycles. The number of hydrogen-bond acceptors (Lipinski definition) is 4. The quantitative estimate of drug-likeness (QED) is 0.179. The van der Waals surface area contributed by atoms with Crippen LogP contribution in [0.15, 0.2) is 182 Å². The van der Waals surface area contributed by atoms with Crippen molar-refractivity contribution in [2.45, 2.75) is 37.0 Å². The van der Waals surface area contributed by atoms with Crippen LogP contribution >= 0.6 is 11.3 Å². The van der Waals surface area contributed by atoms with Crippen LogP contribution in [0.2, 0.25) is 0 Å². The second-order valence-corrected chi connectivity index (χ2v) is 17.6. The molecule has 0 bridgehead atoms. The number of allylic oxidation sites excluding steroid dienone is 4. The maximum atomic E-state index is 5.39. The summed E-state index contributed by atoms with van der Waals surface area (Å²) in [4.78, 5) is 15.9. The highest BCUT2D eigenvalue weighted by atomic mass is 32.1. The third-order valence-electron chi connectivity index (χ3n) is 13.1. The van der Waals surface area contributed by atoms with Crippen molar-refractivity contribution >= 4 is 31.5 Å². The smallest absolute Gasteiger partial charge is 0.164 e. The summed E-state index contributed by atoms with van der Waals surface area (Å²) in [5, 5.41) is 2.61.